The lowest BCUT2D eigenvalue weighted by Crippen LogP contribution is -2.15. The summed E-state index contributed by atoms with van der Waals surface area (Å²) in [4.78, 5) is 4.75. The molecular formula is C17H23FN2. The van der Waals surface area contributed by atoms with E-state index >= 15 is 0 Å². The zero-order valence-electron chi connectivity index (χ0n) is 13.0. The topological polar surface area (TPSA) is 24.9 Å². The highest BCUT2D eigenvalue weighted by molar-refractivity contribution is 5.93. The normalized spacial score (nSPS) is 11.9. The van der Waals surface area contributed by atoms with Gasteiger partial charge in [0.15, 0.2) is 0 Å². The maximum atomic E-state index is 13.7. The SMILES string of the molecule is CCCNc1cc(C(C)(C)C)nc2c(C)cc(F)cc12. The molecule has 0 spiro atoms. The molecule has 0 aliphatic carbocycles. The third-order valence-corrected chi connectivity index (χ3v) is 3.40. The number of pyridine rings is 1. The number of rotatable bonds is 3. The molecule has 0 saturated heterocycles. The van der Waals surface area contributed by atoms with Crippen molar-refractivity contribution in [3.8, 4) is 0 Å². The highest BCUT2D eigenvalue weighted by Crippen LogP contribution is 2.31. The Kier molecular flexibility index (Phi) is 3.98. The van der Waals surface area contributed by atoms with Gasteiger partial charge in [-0.15, -0.1) is 0 Å². The van der Waals surface area contributed by atoms with Crippen molar-refractivity contribution in [2.24, 2.45) is 0 Å². The molecule has 0 aliphatic heterocycles. The Morgan fingerprint density at radius 3 is 2.50 bits per heavy atom. The second-order valence-corrected chi connectivity index (χ2v) is 6.35. The maximum Gasteiger partial charge on any atom is 0.124 e. The molecule has 1 aromatic carbocycles. The Hall–Kier alpha value is -1.64. The summed E-state index contributed by atoms with van der Waals surface area (Å²) in [6, 6.07) is 5.17. The molecule has 0 saturated carbocycles. The van der Waals surface area contributed by atoms with Crippen LogP contribution in [0.5, 0.6) is 0 Å². The van der Waals surface area contributed by atoms with Crippen LogP contribution in [0.1, 0.15) is 45.4 Å². The minimum atomic E-state index is -0.208. The van der Waals surface area contributed by atoms with E-state index in [1.54, 1.807) is 12.1 Å². The third-order valence-electron chi connectivity index (χ3n) is 3.40. The first-order chi connectivity index (χ1) is 9.32. The summed E-state index contributed by atoms with van der Waals surface area (Å²) in [6.45, 7) is 11.3. The van der Waals surface area contributed by atoms with Crippen LogP contribution in [0.2, 0.25) is 0 Å². The molecule has 0 atom stereocenters. The monoisotopic (exact) mass is 274 g/mol. The molecule has 20 heavy (non-hydrogen) atoms. The summed E-state index contributed by atoms with van der Waals surface area (Å²) in [5.41, 5.74) is 3.74. The minimum absolute atomic E-state index is 0.0301. The van der Waals surface area contributed by atoms with E-state index in [0.717, 1.165) is 40.8 Å². The number of aromatic nitrogens is 1. The number of benzene rings is 1. The molecule has 0 fully saturated rings. The van der Waals surface area contributed by atoms with E-state index in [0.29, 0.717) is 0 Å². The van der Waals surface area contributed by atoms with Crippen molar-refractivity contribution in [1.29, 1.82) is 0 Å². The fourth-order valence-electron chi connectivity index (χ4n) is 2.25. The lowest BCUT2D eigenvalue weighted by Gasteiger charge is -2.21. The van der Waals surface area contributed by atoms with Crippen LogP contribution >= 0.6 is 0 Å². The van der Waals surface area contributed by atoms with Crippen LogP contribution in [0.25, 0.3) is 10.9 Å². The molecule has 2 rings (SSSR count). The number of anilines is 1. The number of hydrogen-bond acceptors (Lipinski definition) is 2. The average Bonchev–Trinajstić information content (AvgIpc) is 2.34. The Morgan fingerprint density at radius 1 is 1.20 bits per heavy atom. The van der Waals surface area contributed by atoms with Gasteiger partial charge >= 0.3 is 0 Å². The maximum absolute atomic E-state index is 13.7. The Balaban J connectivity index is 2.71. The molecule has 2 aromatic rings. The third kappa shape index (κ3) is 2.92. The van der Waals surface area contributed by atoms with Crippen LogP contribution in [-0.2, 0) is 5.41 Å². The summed E-state index contributed by atoms with van der Waals surface area (Å²) in [6.07, 6.45) is 1.03. The average molecular weight is 274 g/mol. The second-order valence-electron chi connectivity index (χ2n) is 6.35. The highest BCUT2D eigenvalue weighted by Gasteiger charge is 2.19. The summed E-state index contributed by atoms with van der Waals surface area (Å²) >= 11 is 0. The molecule has 2 nitrogen and oxygen atoms in total. The van der Waals surface area contributed by atoms with Crippen molar-refractivity contribution >= 4 is 16.6 Å². The molecule has 0 unspecified atom stereocenters. The van der Waals surface area contributed by atoms with E-state index in [1.807, 2.05) is 6.92 Å². The minimum Gasteiger partial charge on any atom is -0.384 e. The van der Waals surface area contributed by atoms with E-state index in [2.05, 4.69) is 39.1 Å². The molecule has 1 N–H and O–H groups in total. The molecule has 108 valence electrons. The van der Waals surface area contributed by atoms with Crippen molar-refractivity contribution in [2.45, 2.75) is 46.5 Å². The van der Waals surface area contributed by atoms with Gasteiger partial charge in [0.1, 0.15) is 5.82 Å². The number of nitrogens with zero attached hydrogens (tertiary/aromatic N) is 1. The first-order valence-corrected chi connectivity index (χ1v) is 7.18. The summed E-state index contributed by atoms with van der Waals surface area (Å²) < 4.78 is 13.7. The molecule has 0 amide bonds. The van der Waals surface area contributed by atoms with Gasteiger partial charge in [-0.3, -0.25) is 4.98 Å². The molecule has 0 aliphatic rings. The Labute approximate surface area is 120 Å². The van der Waals surface area contributed by atoms with E-state index in [9.17, 15) is 4.39 Å². The first kappa shape index (κ1) is 14.8. The van der Waals surface area contributed by atoms with Gasteiger partial charge in [-0.25, -0.2) is 4.39 Å². The van der Waals surface area contributed by atoms with Gasteiger partial charge in [0.25, 0.3) is 0 Å². The van der Waals surface area contributed by atoms with E-state index < -0.39 is 0 Å². The van der Waals surface area contributed by atoms with Gasteiger partial charge in [-0.1, -0.05) is 27.7 Å². The lowest BCUT2D eigenvalue weighted by atomic mass is 9.90. The van der Waals surface area contributed by atoms with E-state index in [1.165, 1.54) is 0 Å². The van der Waals surface area contributed by atoms with Crippen molar-refractivity contribution < 1.29 is 4.39 Å². The second kappa shape index (κ2) is 5.39. The number of hydrogen-bond donors (Lipinski definition) is 1. The lowest BCUT2D eigenvalue weighted by molar-refractivity contribution is 0.571. The zero-order valence-corrected chi connectivity index (χ0v) is 13.0. The van der Waals surface area contributed by atoms with Gasteiger partial charge in [0, 0.05) is 28.7 Å². The molecule has 0 bridgehead atoms. The predicted octanol–water partition coefficient (Wildman–Crippen LogP) is 4.80. The van der Waals surface area contributed by atoms with Crippen LogP contribution < -0.4 is 5.32 Å². The van der Waals surface area contributed by atoms with Crippen molar-refractivity contribution in [3.63, 3.8) is 0 Å². The number of nitrogens with one attached hydrogen (secondary N) is 1. The summed E-state index contributed by atoms with van der Waals surface area (Å²) in [5.74, 6) is -0.208. The number of halogens is 1. The van der Waals surface area contributed by atoms with Crippen LogP contribution in [0.15, 0.2) is 18.2 Å². The molecule has 3 heteroatoms. The van der Waals surface area contributed by atoms with Gasteiger partial charge in [0.05, 0.1) is 5.52 Å². The molecule has 1 heterocycles. The Morgan fingerprint density at radius 2 is 1.90 bits per heavy atom. The fourth-order valence-corrected chi connectivity index (χ4v) is 2.25. The zero-order chi connectivity index (χ0) is 14.9. The van der Waals surface area contributed by atoms with Gasteiger partial charge in [-0.2, -0.15) is 0 Å². The van der Waals surface area contributed by atoms with Gasteiger partial charge in [0.2, 0.25) is 0 Å². The Bertz CT molecular complexity index is 627. The van der Waals surface area contributed by atoms with Crippen molar-refractivity contribution in [2.75, 3.05) is 11.9 Å². The number of fused-ring (bicyclic) bond motifs is 1. The van der Waals surface area contributed by atoms with Gasteiger partial charge < -0.3 is 5.32 Å². The van der Waals surface area contributed by atoms with Gasteiger partial charge in [-0.05, 0) is 37.1 Å². The molecule has 1 aromatic heterocycles. The highest BCUT2D eigenvalue weighted by atomic mass is 19.1. The van der Waals surface area contributed by atoms with Crippen LogP contribution in [0.4, 0.5) is 10.1 Å². The van der Waals surface area contributed by atoms with Crippen LogP contribution in [0.3, 0.4) is 0 Å². The molecule has 0 radical (unpaired) electrons. The van der Waals surface area contributed by atoms with E-state index in [4.69, 9.17) is 4.98 Å². The smallest absolute Gasteiger partial charge is 0.124 e. The quantitative estimate of drug-likeness (QED) is 0.869. The largest absolute Gasteiger partial charge is 0.384 e. The fraction of sp³-hybridized carbons (Fsp3) is 0.471. The van der Waals surface area contributed by atoms with Crippen molar-refractivity contribution in [3.05, 3.63) is 35.3 Å². The summed E-state index contributed by atoms with van der Waals surface area (Å²) in [5, 5.41) is 4.26. The molecular weight excluding hydrogens is 251 g/mol. The van der Waals surface area contributed by atoms with Crippen molar-refractivity contribution in [1.82, 2.24) is 4.98 Å². The number of aryl methyl sites for hydroxylation is 1. The van der Waals surface area contributed by atoms with Crippen LogP contribution in [-0.4, -0.2) is 11.5 Å². The predicted molar refractivity (Wildman–Crippen MR) is 83.9 cm³/mol. The standard InChI is InChI=1S/C17H23FN2/c1-6-7-19-14-10-15(17(3,4)5)20-16-11(2)8-12(18)9-13(14)16/h8-10H,6-7H2,1-5H3,(H,19,20). The van der Waals surface area contributed by atoms with E-state index in [-0.39, 0.29) is 11.2 Å². The first-order valence-electron chi connectivity index (χ1n) is 7.18. The van der Waals surface area contributed by atoms with Crippen LogP contribution in [0, 0.1) is 12.7 Å². The summed E-state index contributed by atoms with van der Waals surface area (Å²) in [7, 11) is 0.